The second-order valence-corrected chi connectivity index (χ2v) is 5.01. The smallest absolute Gasteiger partial charge is 0.341 e. The van der Waals surface area contributed by atoms with E-state index in [1.54, 1.807) is 18.2 Å². The minimum absolute atomic E-state index is 0.00859. The van der Waals surface area contributed by atoms with Gasteiger partial charge in [0.05, 0.1) is 21.3 Å². The second kappa shape index (κ2) is 7.19. The van der Waals surface area contributed by atoms with Gasteiger partial charge >= 0.3 is 5.97 Å². The van der Waals surface area contributed by atoms with Crippen molar-refractivity contribution < 1.29 is 29.2 Å². The molecule has 0 aliphatic carbocycles. The van der Waals surface area contributed by atoms with Crippen molar-refractivity contribution in [2.75, 3.05) is 27.9 Å². The Hall–Kier alpha value is -2.47. The summed E-state index contributed by atoms with van der Waals surface area (Å²) < 4.78 is 15.3. The molecule has 2 rings (SSSR count). The van der Waals surface area contributed by atoms with Crippen LogP contribution >= 0.6 is 0 Å². The van der Waals surface area contributed by atoms with Gasteiger partial charge in [-0.05, 0) is 42.0 Å². The van der Waals surface area contributed by atoms with E-state index < -0.39 is 5.97 Å². The van der Waals surface area contributed by atoms with E-state index in [1.807, 2.05) is 0 Å². The van der Waals surface area contributed by atoms with E-state index in [2.05, 4.69) is 0 Å². The number of fused-ring (bicyclic) bond motifs is 1. The molecule has 2 N–H and O–H groups in total. The molecule has 0 aliphatic rings. The summed E-state index contributed by atoms with van der Waals surface area (Å²) >= 11 is 0. The van der Waals surface area contributed by atoms with E-state index >= 15 is 0 Å². The molecule has 0 amide bonds. The Kier molecular flexibility index (Phi) is 5.28. The minimum atomic E-state index is -0.618. The number of ether oxygens (including phenoxy) is 3. The van der Waals surface area contributed by atoms with Gasteiger partial charge < -0.3 is 24.4 Å². The SMILES string of the molecule is COC(=O)c1c(CCCO)cc2cc(OC)c(OC)cc2c1O. The summed E-state index contributed by atoms with van der Waals surface area (Å²) in [5, 5.41) is 20.8. The van der Waals surface area contributed by atoms with E-state index in [0.29, 0.717) is 40.7 Å². The highest BCUT2D eigenvalue weighted by Gasteiger charge is 2.21. The van der Waals surface area contributed by atoms with Crippen LogP contribution in [0.1, 0.15) is 22.3 Å². The first-order chi connectivity index (χ1) is 11.1. The molecule has 0 atom stereocenters. The molecule has 0 aromatic heterocycles. The Morgan fingerprint density at radius 2 is 1.74 bits per heavy atom. The van der Waals surface area contributed by atoms with E-state index in [4.69, 9.17) is 19.3 Å². The molecule has 6 heteroatoms. The van der Waals surface area contributed by atoms with Crippen molar-refractivity contribution in [2.24, 2.45) is 0 Å². The zero-order valence-electron chi connectivity index (χ0n) is 13.4. The van der Waals surface area contributed by atoms with E-state index in [1.165, 1.54) is 21.3 Å². The lowest BCUT2D eigenvalue weighted by atomic mass is 9.96. The number of benzene rings is 2. The monoisotopic (exact) mass is 320 g/mol. The first-order valence-corrected chi connectivity index (χ1v) is 7.17. The van der Waals surface area contributed by atoms with Crippen LogP contribution in [0, 0.1) is 0 Å². The van der Waals surface area contributed by atoms with Gasteiger partial charge in [-0.15, -0.1) is 0 Å². The maximum absolute atomic E-state index is 12.0. The average molecular weight is 320 g/mol. The third-order valence-electron chi connectivity index (χ3n) is 3.69. The van der Waals surface area contributed by atoms with Gasteiger partial charge in [0, 0.05) is 12.0 Å². The molecule has 2 aromatic rings. The van der Waals surface area contributed by atoms with Crippen molar-refractivity contribution in [3.8, 4) is 17.2 Å². The second-order valence-electron chi connectivity index (χ2n) is 5.01. The highest BCUT2D eigenvalue weighted by atomic mass is 16.5. The van der Waals surface area contributed by atoms with Crippen LogP contribution in [0.2, 0.25) is 0 Å². The highest BCUT2D eigenvalue weighted by molar-refractivity contribution is 6.03. The summed E-state index contributed by atoms with van der Waals surface area (Å²) in [6, 6.07) is 5.14. The molecule has 0 fully saturated rings. The van der Waals surface area contributed by atoms with Crippen LogP contribution in [-0.4, -0.2) is 44.1 Å². The summed E-state index contributed by atoms with van der Waals surface area (Å²) in [6.07, 6.45) is 0.918. The van der Waals surface area contributed by atoms with Crippen LogP contribution in [0.15, 0.2) is 18.2 Å². The van der Waals surface area contributed by atoms with Crippen LogP contribution < -0.4 is 9.47 Å². The van der Waals surface area contributed by atoms with Gasteiger partial charge in [0.15, 0.2) is 11.5 Å². The number of carbonyl (C=O) groups excluding carboxylic acids is 1. The lowest BCUT2D eigenvalue weighted by molar-refractivity contribution is 0.0596. The molecule has 0 saturated heterocycles. The third-order valence-corrected chi connectivity index (χ3v) is 3.69. The molecule has 0 aliphatic heterocycles. The molecule has 6 nitrogen and oxygen atoms in total. The number of carbonyl (C=O) groups is 1. The van der Waals surface area contributed by atoms with Gasteiger partial charge in [-0.1, -0.05) is 0 Å². The number of rotatable bonds is 6. The standard InChI is InChI=1S/C17H20O6/c1-21-13-8-11-7-10(5-4-6-18)15(17(20)23-3)16(19)12(11)9-14(13)22-2/h7-9,18-19H,4-6H2,1-3H3. The first-order valence-electron chi connectivity index (χ1n) is 7.17. The maximum Gasteiger partial charge on any atom is 0.341 e. The molecule has 0 heterocycles. The van der Waals surface area contributed by atoms with E-state index in [-0.39, 0.29) is 17.9 Å². The Morgan fingerprint density at radius 1 is 1.09 bits per heavy atom. The number of methoxy groups -OCH3 is 3. The van der Waals surface area contributed by atoms with Crippen molar-refractivity contribution in [1.29, 1.82) is 0 Å². The zero-order chi connectivity index (χ0) is 17.0. The average Bonchev–Trinajstić information content (AvgIpc) is 2.58. The summed E-state index contributed by atoms with van der Waals surface area (Å²) in [5.41, 5.74) is 0.726. The van der Waals surface area contributed by atoms with Crippen molar-refractivity contribution in [3.63, 3.8) is 0 Å². The predicted molar refractivity (Wildman–Crippen MR) is 85.5 cm³/mol. The molecule has 0 spiro atoms. The molecule has 0 radical (unpaired) electrons. The Bertz CT molecular complexity index is 723. The van der Waals surface area contributed by atoms with E-state index in [0.717, 1.165) is 0 Å². The van der Waals surface area contributed by atoms with Gasteiger partial charge in [-0.2, -0.15) is 0 Å². The molecule has 0 bridgehead atoms. The Morgan fingerprint density at radius 3 is 2.30 bits per heavy atom. The van der Waals surface area contributed by atoms with Crippen LogP contribution in [0.5, 0.6) is 17.2 Å². The van der Waals surface area contributed by atoms with Gasteiger partial charge in [-0.3, -0.25) is 0 Å². The Labute approximate surface area is 134 Å². The molecular weight excluding hydrogens is 300 g/mol. The summed E-state index contributed by atoms with van der Waals surface area (Å²) in [5.74, 6) is 0.197. The van der Waals surface area contributed by atoms with Crippen molar-refractivity contribution in [3.05, 3.63) is 29.3 Å². The Balaban J connectivity index is 2.75. The molecule has 0 saturated carbocycles. The van der Waals surface area contributed by atoms with Crippen LogP contribution in [0.25, 0.3) is 10.8 Å². The quantitative estimate of drug-likeness (QED) is 0.794. The summed E-state index contributed by atoms with van der Waals surface area (Å²) in [4.78, 5) is 12.0. The number of hydrogen-bond donors (Lipinski definition) is 2. The van der Waals surface area contributed by atoms with Crippen LogP contribution in [0.4, 0.5) is 0 Å². The normalized spacial score (nSPS) is 10.6. The van der Waals surface area contributed by atoms with Crippen molar-refractivity contribution in [1.82, 2.24) is 0 Å². The lowest BCUT2D eigenvalue weighted by Crippen LogP contribution is -2.07. The fourth-order valence-corrected chi connectivity index (χ4v) is 2.56. The minimum Gasteiger partial charge on any atom is -0.506 e. The molecule has 23 heavy (non-hydrogen) atoms. The maximum atomic E-state index is 12.0. The fourth-order valence-electron chi connectivity index (χ4n) is 2.56. The largest absolute Gasteiger partial charge is 0.506 e. The number of aromatic hydroxyl groups is 1. The van der Waals surface area contributed by atoms with Crippen LogP contribution in [-0.2, 0) is 11.2 Å². The number of esters is 1. The fraction of sp³-hybridized carbons (Fsp3) is 0.353. The number of phenolic OH excluding ortho intramolecular Hbond substituents is 1. The topological polar surface area (TPSA) is 85.2 Å². The third kappa shape index (κ3) is 3.17. The van der Waals surface area contributed by atoms with Gasteiger partial charge in [0.1, 0.15) is 11.3 Å². The van der Waals surface area contributed by atoms with E-state index in [9.17, 15) is 9.90 Å². The van der Waals surface area contributed by atoms with Crippen molar-refractivity contribution >= 4 is 16.7 Å². The number of phenols is 1. The lowest BCUT2D eigenvalue weighted by Gasteiger charge is -2.15. The highest BCUT2D eigenvalue weighted by Crippen LogP contribution is 2.39. The number of aliphatic hydroxyl groups excluding tert-OH is 1. The summed E-state index contributed by atoms with van der Waals surface area (Å²) in [7, 11) is 4.28. The van der Waals surface area contributed by atoms with Gasteiger partial charge in [0.25, 0.3) is 0 Å². The van der Waals surface area contributed by atoms with Gasteiger partial charge in [0.2, 0.25) is 0 Å². The number of hydrogen-bond acceptors (Lipinski definition) is 6. The molecule has 2 aromatic carbocycles. The molecule has 0 unspecified atom stereocenters. The number of aliphatic hydroxyl groups is 1. The number of aryl methyl sites for hydroxylation is 1. The van der Waals surface area contributed by atoms with Crippen LogP contribution in [0.3, 0.4) is 0 Å². The van der Waals surface area contributed by atoms with Crippen molar-refractivity contribution in [2.45, 2.75) is 12.8 Å². The summed E-state index contributed by atoms with van der Waals surface area (Å²) in [6.45, 7) is -0.00859. The predicted octanol–water partition coefficient (Wildman–Crippen LogP) is 2.27. The zero-order valence-corrected chi connectivity index (χ0v) is 13.4. The molecular formula is C17H20O6. The van der Waals surface area contributed by atoms with Gasteiger partial charge in [-0.25, -0.2) is 4.79 Å². The first kappa shape index (κ1) is 16.9. The molecule has 124 valence electrons.